The number of carbonyl (C=O) groups excluding carboxylic acids is 1. The smallest absolute Gasteiger partial charge is 0.347 e. The maximum atomic E-state index is 11.2. The lowest BCUT2D eigenvalue weighted by Gasteiger charge is -2.14. The van der Waals surface area contributed by atoms with Crippen LogP contribution in [0.5, 0.6) is 11.5 Å². The van der Waals surface area contributed by atoms with Crippen LogP contribution < -0.4 is 4.74 Å². The molecule has 0 heterocycles. The van der Waals surface area contributed by atoms with Crippen LogP contribution in [0.15, 0.2) is 24.3 Å². The fourth-order valence-corrected chi connectivity index (χ4v) is 1.12. The summed E-state index contributed by atoms with van der Waals surface area (Å²) in [5.74, 6) is 0.295. The highest BCUT2D eigenvalue weighted by atomic mass is 16.6. The third-order valence-corrected chi connectivity index (χ3v) is 1.95. The number of benzene rings is 1. The van der Waals surface area contributed by atoms with E-state index in [1.165, 1.54) is 19.2 Å². The Morgan fingerprint density at radius 3 is 2.47 bits per heavy atom. The molecule has 0 amide bonds. The summed E-state index contributed by atoms with van der Waals surface area (Å²) in [6.45, 7) is 1.84. The van der Waals surface area contributed by atoms with E-state index in [2.05, 4.69) is 4.74 Å². The van der Waals surface area contributed by atoms with Crippen LogP contribution >= 0.6 is 0 Å². The molecule has 0 aliphatic rings. The van der Waals surface area contributed by atoms with Gasteiger partial charge in [-0.25, -0.2) is 4.79 Å². The van der Waals surface area contributed by atoms with Gasteiger partial charge in [-0.05, 0) is 30.7 Å². The molecule has 0 aliphatic heterocycles. The lowest BCUT2D eigenvalue weighted by atomic mass is 10.2. The van der Waals surface area contributed by atoms with E-state index in [4.69, 9.17) is 9.84 Å². The van der Waals surface area contributed by atoms with Gasteiger partial charge in [0.15, 0.2) is 6.10 Å². The molecule has 0 aliphatic carbocycles. The van der Waals surface area contributed by atoms with Crippen molar-refractivity contribution < 1.29 is 19.4 Å². The van der Waals surface area contributed by atoms with Gasteiger partial charge in [-0.2, -0.15) is 0 Å². The zero-order chi connectivity index (χ0) is 11.3. The first-order chi connectivity index (χ1) is 7.17. The maximum Gasteiger partial charge on any atom is 0.347 e. The van der Waals surface area contributed by atoms with Gasteiger partial charge in [0.25, 0.3) is 0 Å². The van der Waals surface area contributed by atoms with Gasteiger partial charge in [-0.3, -0.25) is 0 Å². The maximum absolute atomic E-state index is 11.2. The van der Waals surface area contributed by atoms with Crippen molar-refractivity contribution in [1.82, 2.24) is 0 Å². The number of phenols is 1. The Morgan fingerprint density at radius 2 is 2.00 bits per heavy atom. The van der Waals surface area contributed by atoms with E-state index in [9.17, 15) is 4.79 Å². The van der Waals surface area contributed by atoms with Crippen LogP contribution in [0.1, 0.15) is 13.3 Å². The van der Waals surface area contributed by atoms with Crippen molar-refractivity contribution in [3.05, 3.63) is 24.3 Å². The number of aromatic hydroxyl groups is 1. The highest BCUT2D eigenvalue weighted by molar-refractivity contribution is 5.74. The number of carbonyl (C=O) groups is 1. The van der Waals surface area contributed by atoms with Gasteiger partial charge in [0, 0.05) is 0 Å². The van der Waals surface area contributed by atoms with Crippen molar-refractivity contribution >= 4 is 5.97 Å². The highest BCUT2D eigenvalue weighted by Crippen LogP contribution is 2.18. The predicted octanol–water partition coefficient (Wildman–Crippen LogP) is 1.72. The quantitative estimate of drug-likeness (QED) is 0.769. The van der Waals surface area contributed by atoms with Gasteiger partial charge in [0.2, 0.25) is 0 Å². The molecule has 4 heteroatoms. The molecule has 0 bridgehead atoms. The van der Waals surface area contributed by atoms with E-state index < -0.39 is 12.1 Å². The van der Waals surface area contributed by atoms with Crippen LogP contribution in [0, 0.1) is 0 Å². The average Bonchev–Trinajstić information content (AvgIpc) is 2.27. The van der Waals surface area contributed by atoms with Gasteiger partial charge in [0.05, 0.1) is 7.11 Å². The van der Waals surface area contributed by atoms with E-state index in [1.54, 1.807) is 12.1 Å². The second-order valence-corrected chi connectivity index (χ2v) is 3.03. The first-order valence-electron chi connectivity index (χ1n) is 4.71. The Morgan fingerprint density at radius 1 is 1.40 bits per heavy atom. The lowest BCUT2D eigenvalue weighted by molar-refractivity contribution is -0.148. The van der Waals surface area contributed by atoms with Crippen LogP contribution in [-0.4, -0.2) is 24.3 Å². The van der Waals surface area contributed by atoms with Crippen molar-refractivity contribution in [2.75, 3.05) is 7.11 Å². The summed E-state index contributed by atoms with van der Waals surface area (Å²) in [6, 6.07) is 6.19. The second-order valence-electron chi connectivity index (χ2n) is 3.03. The van der Waals surface area contributed by atoms with Crippen molar-refractivity contribution in [3.63, 3.8) is 0 Å². The third kappa shape index (κ3) is 3.16. The van der Waals surface area contributed by atoms with Crippen LogP contribution in [0.3, 0.4) is 0 Å². The lowest BCUT2D eigenvalue weighted by Crippen LogP contribution is -2.27. The zero-order valence-electron chi connectivity index (χ0n) is 8.77. The molecule has 0 aromatic heterocycles. The number of ether oxygens (including phenoxy) is 2. The van der Waals surface area contributed by atoms with Gasteiger partial charge in [-0.15, -0.1) is 0 Å². The summed E-state index contributed by atoms with van der Waals surface area (Å²) in [4.78, 5) is 11.2. The molecular weight excluding hydrogens is 196 g/mol. The summed E-state index contributed by atoms with van der Waals surface area (Å²) in [5, 5.41) is 9.06. The summed E-state index contributed by atoms with van der Waals surface area (Å²) in [7, 11) is 1.32. The molecule has 82 valence electrons. The number of phenolic OH excluding ortho intramolecular Hbond substituents is 1. The summed E-state index contributed by atoms with van der Waals surface area (Å²) < 4.78 is 9.97. The van der Waals surface area contributed by atoms with Crippen LogP contribution in [0.4, 0.5) is 0 Å². The molecule has 0 radical (unpaired) electrons. The molecule has 0 saturated carbocycles. The standard InChI is InChI=1S/C11H14O4/c1-3-10(11(13)14-2)15-9-6-4-8(12)5-7-9/h4-7,10,12H,3H2,1-2H3/t10-/m0/s1. The largest absolute Gasteiger partial charge is 0.508 e. The Labute approximate surface area is 88.4 Å². The Hall–Kier alpha value is -1.71. The van der Waals surface area contributed by atoms with Crippen molar-refractivity contribution in [2.24, 2.45) is 0 Å². The molecule has 0 spiro atoms. The Bertz CT molecular complexity index is 318. The predicted molar refractivity (Wildman–Crippen MR) is 54.8 cm³/mol. The van der Waals surface area contributed by atoms with Crippen molar-refractivity contribution in [2.45, 2.75) is 19.4 Å². The summed E-state index contributed by atoms with van der Waals surface area (Å²) in [5.41, 5.74) is 0. The molecule has 0 unspecified atom stereocenters. The highest BCUT2D eigenvalue weighted by Gasteiger charge is 2.18. The fraction of sp³-hybridized carbons (Fsp3) is 0.364. The minimum atomic E-state index is -0.598. The van der Waals surface area contributed by atoms with Gasteiger partial charge < -0.3 is 14.6 Å². The van der Waals surface area contributed by atoms with Crippen molar-refractivity contribution in [1.29, 1.82) is 0 Å². The van der Waals surface area contributed by atoms with E-state index in [0.29, 0.717) is 12.2 Å². The SMILES string of the molecule is CC[C@H](Oc1ccc(O)cc1)C(=O)OC. The number of esters is 1. The van der Waals surface area contributed by atoms with Gasteiger partial charge in [-0.1, -0.05) is 6.92 Å². The number of methoxy groups -OCH3 is 1. The topological polar surface area (TPSA) is 55.8 Å². The number of hydrogen-bond acceptors (Lipinski definition) is 4. The molecular formula is C11H14O4. The summed E-state index contributed by atoms with van der Waals surface area (Å²) in [6.07, 6.45) is -0.0624. The minimum Gasteiger partial charge on any atom is -0.508 e. The minimum absolute atomic E-state index is 0.161. The summed E-state index contributed by atoms with van der Waals surface area (Å²) >= 11 is 0. The monoisotopic (exact) mass is 210 g/mol. The van der Waals surface area contributed by atoms with Gasteiger partial charge >= 0.3 is 5.97 Å². The number of hydrogen-bond donors (Lipinski definition) is 1. The Balaban J connectivity index is 2.66. The van der Waals surface area contributed by atoms with E-state index >= 15 is 0 Å². The fourth-order valence-electron chi connectivity index (χ4n) is 1.12. The van der Waals surface area contributed by atoms with E-state index in [-0.39, 0.29) is 5.75 Å². The van der Waals surface area contributed by atoms with Crippen molar-refractivity contribution in [3.8, 4) is 11.5 Å². The van der Waals surface area contributed by atoms with E-state index in [0.717, 1.165) is 0 Å². The molecule has 1 aromatic carbocycles. The molecule has 1 aromatic rings. The molecule has 0 fully saturated rings. The molecule has 1 rings (SSSR count). The zero-order valence-corrected chi connectivity index (χ0v) is 8.77. The first-order valence-corrected chi connectivity index (χ1v) is 4.71. The van der Waals surface area contributed by atoms with Crippen LogP contribution in [0.25, 0.3) is 0 Å². The molecule has 4 nitrogen and oxygen atoms in total. The molecule has 1 atom stereocenters. The van der Waals surface area contributed by atoms with Gasteiger partial charge in [0.1, 0.15) is 11.5 Å². The first kappa shape index (κ1) is 11.4. The molecule has 15 heavy (non-hydrogen) atoms. The average molecular weight is 210 g/mol. The molecule has 0 saturated heterocycles. The second kappa shape index (κ2) is 5.24. The number of rotatable bonds is 4. The van der Waals surface area contributed by atoms with Crippen LogP contribution in [0.2, 0.25) is 0 Å². The third-order valence-electron chi connectivity index (χ3n) is 1.95. The normalized spacial score (nSPS) is 11.9. The van der Waals surface area contributed by atoms with Crippen LogP contribution in [-0.2, 0) is 9.53 Å². The van der Waals surface area contributed by atoms with E-state index in [1.807, 2.05) is 6.92 Å². The Kier molecular flexibility index (Phi) is 3.97. The molecule has 1 N–H and O–H groups in total.